The van der Waals surface area contributed by atoms with Gasteiger partial charge in [-0.15, -0.1) is 0 Å². The van der Waals surface area contributed by atoms with Crippen molar-refractivity contribution in [2.75, 3.05) is 13.7 Å². The summed E-state index contributed by atoms with van der Waals surface area (Å²) >= 11 is 6.13. The highest BCUT2D eigenvalue weighted by Gasteiger charge is 2.21. The molecule has 1 N–H and O–H groups in total. The molecule has 1 aromatic rings. The molecule has 1 saturated carbocycles. The third-order valence-electron chi connectivity index (χ3n) is 4.28. The van der Waals surface area contributed by atoms with Crippen LogP contribution in [0.15, 0.2) is 18.2 Å². The van der Waals surface area contributed by atoms with E-state index in [-0.39, 0.29) is 0 Å². The number of hydrogen-bond donors (Lipinski definition) is 1. The Balaban J connectivity index is 2.05. The van der Waals surface area contributed by atoms with Gasteiger partial charge in [0.1, 0.15) is 5.75 Å². The SMILES string of the molecule is CCNC1CCCCC(Cc2cc(Cl)ccc2OC)C1. The van der Waals surface area contributed by atoms with E-state index in [1.165, 1.54) is 37.7 Å². The van der Waals surface area contributed by atoms with Crippen molar-refractivity contribution < 1.29 is 4.74 Å². The van der Waals surface area contributed by atoms with Crippen molar-refractivity contribution in [1.29, 1.82) is 0 Å². The highest BCUT2D eigenvalue weighted by atomic mass is 35.5. The molecule has 0 heterocycles. The molecule has 0 aromatic heterocycles. The van der Waals surface area contributed by atoms with Gasteiger partial charge in [0.05, 0.1) is 7.11 Å². The van der Waals surface area contributed by atoms with Crippen molar-refractivity contribution in [3.05, 3.63) is 28.8 Å². The molecule has 2 rings (SSSR count). The molecule has 0 amide bonds. The van der Waals surface area contributed by atoms with Crippen LogP contribution in [0.25, 0.3) is 0 Å². The summed E-state index contributed by atoms with van der Waals surface area (Å²) in [7, 11) is 1.74. The minimum atomic E-state index is 0.678. The zero-order chi connectivity index (χ0) is 14.4. The van der Waals surface area contributed by atoms with E-state index in [0.717, 1.165) is 29.7 Å². The summed E-state index contributed by atoms with van der Waals surface area (Å²) in [6, 6.07) is 6.62. The Morgan fingerprint density at radius 1 is 1.30 bits per heavy atom. The number of hydrogen-bond acceptors (Lipinski definition) is 2. The van der Waals surface area contributed by atoms with E-state index in [1.54, 1.807) is 7.11 Å². The lowest BCUT2D eigenvalue weighted by molar-refractivity contribution is 0.375. The van der Waals surface area contributed by atoms with Gasteiger partial charge in [-0.05, 0) is 55.5 Å². The topological polar surface area (TPSA) is 21.3 Å². The number of halogens is 1. The molecule has 3 heteroatoms. The Morgan fingerprint density at radius 2 is 2.10 bits per heavy atom. The summed E-state index contributed by atoms with van der Waals surface area (Å²) in [5.41, 5.74) is 1.25. The smallest absolute Gasteiger partial charge is 0.122 e. The fraction of sp³-hybridized carbons (Fsp3) is 0.647. The molecule has 0 aliphatic heterocycles. The van der Waals surface area contributed by atoms with Crippen molar-refractivity contribution in [2.45, 2.75) is 51.5 Å². The lowest BCUT2D eigenvalue weighted by atomic mass is 9.90. The first kappa shape index (κ1) is 15.7. The van der Waals surface area contributed by atoms with Gasteiger partial charge in [0, 0.05) is 11.1 Å². The van der Waals surface area contributed by atoms with E-state index in [2.05, 4.69) is 18.3 Å². The lowest BCUT2D eigenvalue weighted by Crippen LogP contribution is -2.30. The quantitative estimate of drug-likeness (QED) is 0.810. The van der Waals surface area contributed by atoms with Crippen LogP contribution in [-0.4, -0.2) is 19.7 Å². The van der Waals surface area contributed by atoms with E-state index in [1.807, 2.05) is 12.1 Å². The molecule has 2 unspecified atom stereocenters. The molecule has 1 fully saturated rings. The normalized spacial score (nSPS) is 23.4. The second-order valence-electron chi connectivity index (χ2n) is 5.80. The standard InChI is InChI=1S/C17H26ClNO/c1-3-19-16-7-5-4-6-13(11-16)10-14-12-15(18)8-9-17(14)20-2/h8-9,12-13,16,19H,3-7,10-11H2,1-2H3. The monoisotopic (exact) mass is 295 g/mol. The van der Waals surface area contributed by atoms with Crippen LogP contribution in [0.3, 0.4) is 0 Å². The molecule has 0 bridgehead atoms. The first-order valence-corrected chi connectivity index (χ1v) is 8.16. The van der Waals surface area contributed by atoms with Gasteiger partial charge < -0.3 is 10.1 Å². The van der Waals surface area contributed by atoms with Crippen molar-refractivity contribution in [3.63, 3.8) is 0 Å². The molecule has 0 spiro atoms. The first-order chi connectivity index (χ1) is 9.72. The first-order valence-electron chi connectivity index (χ1n) is 7.78. The fourth-order valence-corrected chi connectivity index (χ4v) is 3.53. The molecule has 1 aliphatic rings. The molecule has 0 radical (unpaired) electrons. The molecule has 1 aliphatic carbocycles. The number of benzene rings is 1. The second kappa shape index (κ2) is 7.90. The third-order valence-corrected chi connectivity index (χ3v) is 4.51. The van der Waals surface area contributed by atoms with Gasteiger partial charge in [-0.25, -0.2) is 0 Å². The minimum Gasteiger partial charge on any atom is -0.496 e. The highest BCUT2D eigenvalue weighted by molar-refractivity contribution is 6.30. The van der Waals surface area contributed by atoms with Crippen LogP contribution in [-0.2, 0) is 6.42 Å². The average Bonchev–Trinajstić information content (AvgIpc) is 2.65. The summed E-state index contributed by atoms with van der Waals surface area (Å²) in [5, 5.41) is 4.43. The maximum absolute atomic E-state index is 6.13. The molecule has 2 atom stereocenters. The van der Waals surface area contributed by atoms with Crippen molar-refractivity contribution >= 4 is 11.6 Å². The Morgan fingerprint density at radius 3 is 2.85 bits per heavy atom. The highest BCUT2D eigenvalue weighted by Crippen LogP contribution is 2.31. The van der Waals surface area contributed by atoms with Gasteiger partial charge >= 0.3 is 0 Å². The van der Waals surface area contributed by atoms with Gasteiger partial charge in [-0.3, -0.25) is 0 Å². The predicted molar refractivity (Wildman–Crippen MR) is 85.7 cm³/mol. The summed E-state index contributed by atoms with van der Waals surface area (Å²) in [5.74, 6) is 1.70. The molecule has 20 heavy (non-hydrogen) atoms. The third kappa shape index (κ3) is 4.39. The van der Waals surface area contributed by atoms with Crippen LogP contribution in [0.2, 0.25) is 5.02 Å². The van der Waals surface area contributed by atoms with E-state index >= 15 is 0 Å². The molecular formula is C17H26ClNO. The second-order valence-corrected chi connectivity index (χ2v) is 6.24. The summed E-state index contributed by atoms with van der Waals surface area (Å²) in [6.45, 7) is 3.26. The van der Waals surface area contributed by atoms with E-state index < -0.39 is 0 Å². The van der Waals surface area contributed by atoms with Crippen LogP contribution in [0.5, 0.6) is 5.75 Å². The molecule has 112 valence electrons. The zero-order valence-corrected chi connectivity index (χ0v) is 13.4. The Hall–Kier alpha value is -0.730. The van der Waals surface area contributed by atoms with Crippen LogP contribution in [0.1, 0.15) is 44.6 Å². The van der Waals surface area contributed by atoms with E-state index in [0.29, 0.717) is 6.04 Å². The minimum absolute atomic E-state index is 0.678. The summed E-state index contributed by atoms with van der Waals surface area (Å²) < 4.78 is 5.47. The molecule has 0 saturated heterocycles. The number of methoxy groups -OCH3 is 1. The van der Waals surface area contributed by atoms with Crippen LogP contribution < -0.4 is 10.1 Å². The Labute approximate surface area is 127 Å². The van der Waals surface area contributed by atoms with E-state index in [9.17, 15) is 0 Å². The largest absolute Gasteiger partial charge is 0.496 e. The maximum Gasteiger partial charge on any atom is 0.122 e. The van der Waals surface area contributed by atoms with Crippen molar-refractivity contribution in [1.82, 2.24) is 5.32 Å². The molecule has 2 nitrogen and oxygen atoms in total. The zero-order valence-electron chi connectivity index (χ0n) is 12.6. The number of rotatable bonds is 5. The Kier molecular flexibility index (Phi) is 6.18. The van der Waals surface area contributed by atoms with Crippen molar-refractivity contribution in [3.8, 4) is 5.75 Å². The van der Waals surface area contributed by atoms with Gasteiger partial charge in [0.2, 0.25) is 0 Å². The van der Waals surface area contributed by atoms with Crippen LogP contribution in [0, 0.1) is 5.92 Å². The summed E-state index contributed by atoms with van der Waals surface area (Å²) in [6.07, 6.45) is 7.67. The average molecular weight is 296 g/mol. The van der Waals surface area contributed by atoms with Gasteiger partial charge in [-0.2, -0.15) is 0 Å². The van der Waals surface area contributed by atoms with Gasteiger partial charge in [0.15, 0.2) is 0 Å². The number of ether oxygens (including phenoxy) is 1. The Bertz CT molecular complexity index is 421. The maximum atomic E-state index is 6.13. The van der Waals surface area contributed by atoms with Crippen LogP contribution >= 0.6 is 11.6 Å². The van der Waals surface area contributed by atoms with Gasteiger partial charge in [-0.1, -0.05) is 37.8 Å². The predicted octanol–water partition coefficient (Wildman–Crippen LogP) is 4.45. The lowest BCUT2D eigenvalue weighted by Gasteiger charge is -2.21. The van der Waals surface area contributed by atoms with Gasteiger partial charge in [0.25, 0.3) is 0 Å². The van der Waals surface area contributed by atoms with E-state index in [4.69, 9.17) is 16.3 Å². The molecular weight excluding hydrogens is 270 g/mol. The number of nitrogens with one attached hydrogen (secondary N) is 1. The fourth-order valence-electron chi connectivity index (χ4n) is 3.34. The van der Waals surface area contributed by atoms with Crippen LogP contribution in [0.4, 0.5) is 0 Å². The summed E-state index contributed by atoms with van der Waals surface area (Å²) in [4.78, 5) is 0. The van der Waals surface area contributed by atoms with Crippen molar-refractivity contribution in [2.24, 2.45) is 5.92 Å². The molecule has 1 aromatic carbocycles.